The molecule has 0 aromatic heterocycles. The third-order valence-electron chi connectivity index (χ3n) is 3.46. The van der Waals surface area contributed by atoms with Gasteiger partial charge in [-0.25, -0.2) is 0 Å². The van der Waals surface area contributed by atoms with Gasteiger partial charge in [-0.1, -0.05) is 60.8 Å². The van der Waals surface area contributed by atoms with Crippen molar-refractivity contribution >= 4 is 0 Å². The van der Waals surface area contributed by atoms with Crippen molar-refractivity contribution in [1.82, 2.24) is 4.90 Å². The van der Waals surface area contributed by atoms with Gasteiger partial charge in [0.1, 0.15) is 0 Å². The van der Waals surface area contributed by atoms with E-state index in [1.165, 1.54) is 51.7 Å². The molecule has 0 bridgehead atoms. The molecule has 0 N–H and O–H groups in total. The largest absolute Gasteiger partial charge is 0.303 e. The minimum atomic E-state index is 0.796. The first-order chi connectivity index (χ1) is 8.45. The fourth-order valence-corrected chi connectivity index (χ4v) is 2.67. The van der Waals surface area contributed by atoms with Gasteiger partial charge in [-0.2, -0.15) is 0 Å². The van der Waals surface area contributed by atoms with Gasteiger partial charge in [0.2, 0.25) is 0 Å². The van der Waals surface area contributed by atoms with Gasteiger partial charge < -0.3 is 4.90 Å². The lowest BCUT2D eigenvalue weighted by Gasteiger charge is -2.27. The highest BCUT2D eigenvalue weighted by Crippen LogP contribution is 2.14. The summed E-state index contributed by atoms with van der Waals surface area (Å²) in [5, 5.41) is 0. The lowest BCUT2D eigenvalue weighted by molar-refractivity contribution is 0.207. The summed E-state index contributed by atoms with van der Waals surface area (Å²) in [5.74, 6) is 2.53. The standard InChI is InChI=1S/C17H37N/c1-7-12-18(13-16(4)5)14-17(6)11-9-8-10-15(2)3/h15-17H,7-14H2,1-6H3. The molecule has 0 amide bonds. The van der Waals surface area contributed by atoms with Gasteiger partial charge in [0.15, 0.2) is 0 Å². The molecule has 1 unspecified atom stereocenters. The molecule has 0 spiro atoms. The van der Waals surface area contributed by atoms with Crippen LogP contribution in [0.5, 0.6) is 0 Å². The third kappa shape index (κ3) is 11.1. The molecular weight excluding hydrogens is 218 g/mol. The Balaban J connectivity index is 3.76. The predicted molar refractivity (Wildman–Crippen MR) is 84.0 cm³/mol. The smallest absolute Gasteiger partial charge is 0.000713 e. The monoisotopic (exact) mass is 255 g/mol. The Morgan fingerprint density at radius 3 is 1.89 bits per heavy atom. The van der Waals surface area contributed by atoms with Gasteiger partial charge in [-0.3, -0.25) is 0 Å². The molecule has 0 rings (SSSR count). The average Bonchev–Trinajstić information content (AvgIpc) is 2.23. The van der Waals surface area contributed by atoms with Crippen LogP contribution in [0.4, 0.5) is 0 Å². The molecule has 0 aliphatic heterocycles. The van der Waals surface area contributed by atoms with Crippen LogP contribution in [0.15, 0.2) is 0 Å². The Hall–Kier alpha value is -0.0400. The van der Waals surface area contributed by atoms with E-state index in [9.17, 15) is 0 Å². The molecule has 0 aliphatic rings. The Labute approximate surface area is 116 Å². The zero-order chi connectivity index (χ0) is 14.0. The van der Waals surface area contributed by atoms with Crippen molar-refractivity contribution in [1.29, 1.82) is 0 Å². The van der Waals surface area contributed by atoms with Gasteiger partial charge in [0.25, 0.3) is 0 Å². The third-order valence-corrected chi connectivity index (χ3v) is 3.46. The fraction of sp³-hybridized carbons (Fsp3) is 1.00. The lowest BCUT2D eigenvalue weighted by Crippen LogP contribution is -2.32. The number of hydrogen-bond acceptors (Lipinski definition) is 1. The summed E-state index contributed by atoms with van der Waals surface area (Å²) in [4.78, 5) is 2.66. The molecule has 0 saturated carbocycles. The molecule has 0 heterocycles. The Kier molecular flexibility index (Phi) is 10.8. The lowest BCUT2D eigenvalue weighted by atomic mass is 9.99. The minimum absolute atomic E-state index is 0.796. The molecule has 1 nitrogen and oxygen atoms in total. The topological polar surface area (TPSA) is 3.24 Å². The van der Waals surface area contributed by atoms with Crippen molar-refractivity contribution in [3.05, 3.63) is 0 Å². The van der Waals surface area contributed by atoms with Gasteiger partial charge in [-0.15, -0.1) is 0 Å². The van der Waals surface area contributed by atoms with Crippen LogP contribution in [-0.2, 0) is 0 Å². The molecule has 0 aliphatic carbocycles. The van der Waals surface area contributed by atoms with E-state index in [-0.39, 0.29) is 0 Å². The van der Waals surface area contributed by atoms with E-state index < -0.39 is 0 Å². The molecule has 0 radical (unpaired) electrons. The van der Waals surface area contributed by atoms with Gasteiger partial charge in [-0.05, 0) is 37.1 Å². The summed E-state index contributed by atoms with van der Waals surface area (Å²) in [5.41, 5.74) is 0. The van der Waals surface area contributed by atoms with Gasteiger partial charge in [0.05, 0.1) is 0 Å². The molecule has 18 heavy (non-hydrogen) atoms. The van der Waals surface area contributed by atoms with E-state index in [0.717, 1.165) is 17.8 Å². The van der Waals surface area contributed by atoms with Crippen LogP contribution in [-0.4, -0.2) is 24.5 Å². The van der Waals surface area contributed by atoms with E-state index in [2.05, 4.69) is 46.4 Å². The second-order valence-corrected chi connectivity index (χ2v) is 6.94. The highest BCUT2D eigenvalue weighted by Gasteiger charge is 2.11. The van der Waals surface area contributed by atoms with E-state index in [0.29, 0.717) is 0 Å². The van der Waals surface area contributed by atoms with Crippen molar-refractivity contribution in [2.24, 2.45) is 17.8 Å². The Bertz CT molecular complexity index is 174. The van der Waals surface area contributed by atoms with E-state index >= 15 is 0 Å². The van der Waals surface area contributed by atoms with Crippen LogP contribution >= 0.6 is 0 Å². The van der Waals surface area contributed by atoms with Crippen molar-refractivity contribution in [3.8, 4) is 0 Å². The number of rotatable bonds is 11. The predicted octanol–water partition coefficient (Wildman–Crippen LogP) is 5.21. The highest BCUT2D eigenvalue weighted by molar-refractivity contribution is 4.65. The summed E-state index contributed by atoms with van der Waals surface area (Å²) < 4.78 is 0. The summed E-state index contributed by atoms with van der Waals surface area (Å²) in [6.45, 7) is 17.9. The molecule has 0 fully saturated rings. The SMILES string of the molecule is CCCN(CC(C)C)CC(C)CCCCC(C)C. The molecule has 0 saturated heterocycles. The summed E-state index contributed by atoms with van der Waals surface area (Å²) in [6, 6.07) is 0. The number of nitrogens with zero attached hydrogens (tertiary/aromatic N) is 1. The van der Waals surface area contributed by atoms with Gasteiger partial charge >= 0.3 is 0 Å². The fourth-order valence-electron chi connectivity index (χ4n) is 2.67. The van der Waals surface area contributed by atoms with E-state index in [1.807, 2.05) is 0 Å². The molecule has 0 aromatic rings. The first-order valence-corrected chi connectivity index (χ1v) is 8.18. The van der Waals surface area contributed by atoms with Crippen LogP contribution in [0.1, 0.15) is 73.6 Å². The quantitative estimate of drug-likeness (QED) is 0.458. The maximum atomic E-state index is 2.66. The van der Waals surface area contributed by atoms with Crippen LogP contribution < -0.4 is 0 Å². The second kappa shape index (κ2) is 10.8. The molecule has 110 valence electrons. The van der Waals surface area contributed by atoms with Crippen LogP contribution in [0.25, 0.3) is 0 Å². The van der Waals surface area contributed by atoms with Crippen molar-refractivity contribution < 1.29 is 0 Å². The van der Waals surface area contributed by atoms with Crippen molar-refractivity contribution in [3.63, 3.8) is 0 Å². The van der Waals surface area contributed by atoms with Crippen molar-refractivity contribution in [2.75, 3.05) is 19.6 Å². The molecule has 1 atom stereocenters. The molecular formula is C17H37N. The second-order valence-electron chi connectivity index (χ2n) is 6.94. The Morgan fingerprint density at radius 2 is 1.39 bits per heavy atom. The Morgan fingerprint density at radius 1 is 0.778 bits per heavy atom. The van der Waals surface area contributed by atoms with Crippen LogP contribution in [0.2, 0.25) is 0 Å². The minimum Gasteiger partial charge on any atom is -0.303 e. The zero-order valence-electron chi connectivity index (χ0n) is 13.8. The summed E-state index contributed by atoms with van der Waals surface area (Å²) in [6.07, 6.45) is 6.93. The maximum absolute atomic E-state index is 2.66. The van der Waals surface area contributed by atoms with E-state index in [1.54, 1.807) is 0 Å². The van der Waals surface area contributed by atoms with E-state index in [4.69, 9.17) is 0 Å². The summed E-state index contributed by atoms with van der Waals surface area (Å²) >= 11 is 0. The number of unbranched alkanes of at least 4 members (excludes halogenated alkanes) is 1. The zero-order valence-corrected chi connectivity index (χ0v) is 13.8. The first-order valence-electron chi connectivity index (χ1n) is 8.18. The molecule has 0 aromatic carbocycles. The van der Waals surface area contributed by atoms with Crippen LogP contribution in [0, 0.1) is 17.8 Å². The van der Waals surface area contributed by atoms with Crippen LogP contribution in [0.3, 0.4) is 0 Å². The summed E-state index contributed by atoms with van der Waals surface area (Å²) in [7, 11) is 0. The highest BCUT2D eigenvalue weighted by atomic mass is 15.1. The average molecular weight is 255 g/mol. The first kappa shape index (κ1) is 18.0. The number of hydrogen-bond donors (Lipinski definition) is 0. The van der Waals surface area contributed by atoms with Gasteiger partial charge in [0, 0.05) is 13.1 Å². The normalized spacial score (nSPS) is 13.8. The van der Waals surface area contributed by atoms with Crippen molar-refractivity contribution in [2.45, 2.75) is 73.6 Å². The molecule has 1 heteroatoms. The maximum Gasteiger partial charge on any atom is 0.000713 e.